The van der Waals surface area contributed by atoms with E-state index < -0.39 is 18.0 Å². The first kappa shape index (κ1) is 19.3. The molecule has 1 fully saturated rings. The smallest absolute Gasteiger partial charge is 0.277 e. The topological polar surface area (TPSA) is 59.6 Å². The van der Waals surface area contributed by atoms with Crippen LogP contribution in [0.2, 0.25) is 5.02 Å². The van der Waals surface area contributed by atoms with Crippen LogP contribution in [0, 0.1) is 9.39 Å². The third kappa shape index (κ3) is 5.06. The third-order valence-corrected chi connectivity index (χ3v) is 4.83. The highest BCUT2D eigenvalue weighted by atomic mass is 127. The molecule has 0 aromatic heterocycles. The van der Waals surface area contributed by atoms with Gasteiger partial charge in [-0.3, -0.25) is 4.79 Å². The molecule has 0 aliphatic carbocycles. The molecule has 2 N–H and O–H groups in total. The second kappa shape index (κ2) is 8.98. The number of carbonyl (C=O) groups is 1. The van der Waals surface area contributed by atoms with Crippen molar-refractivity contribution >= 4 is 51.5 Å². The van der Waals surface area contributed by atoms with E-state index in [0.29, 0.717) is 29.4 Å². The Morgan fingerprint density at radius 2 is 2.08 bits per heavy atom. The van der Waals surface area contributed by atoms with Crippen molar-refractivity contribution in [2.45, 2.75) is 25.6 Å². The van der Waals surface area contributed by atoms with Crippen LogP contribution in [-0.4, -0.2) is 18.8 Å². The molecule has 3 rings (SSSR count). The maximum Gasteiger partial charge on any atom is 0.277 e. The average molecular weight is 491 g/mol. The largest absolute Gasteiger partial charge is 0.354 e. The normalized spacial score (nSPS) is 17.0. The first-order valence-electron chi connectivity index (χ1n) is 8.12. The molecule has 1 atom stereocenters. The fraction of sp³-hybridized carbons (Fsp3) is 0.278. The van der Waals surface area contributed by atoms with Gasteiger partial charge in [0.1, 0.15) is 5.82 Å². The summed E-state index contributed by atoms with van der Waals surface area (Å²) >= 11 is 8.35. The van der Waals surface area contributed by atoms with Gasteiger partial charge in [0.25, 0.3) is 5.91 Å². The predicted octanol–water partition coefficient (Wildman–Crippen LogP) is 5.02. The number of ether oxygens (including phenoxy) is 1. The number of rotatable bonds is 5. The number of amides is 1. The highest BCUT2D eigenvalue weighted by molar-refractivity contribution is 14.1. The zero-order valence-corrected chi connectivity index (χ0v) is 16.6. The van der Waals surface area contributed by atoms with Crippen LogP contribution in [0.25, 0.3) is 0 Å². The molecule has 1 aliphatic heterocycles. The van der Waals surface area contributed by atoms with E-state index in [-0.39, 0.29) is 5.56 Å². The van der Waals surface area contributed by atoms with Crippen LogP contribution in [0.4, 0.5) is 15.8 Å². The Bertz CT molecular complexity index is 800. The summed E-state index contributed by atoms with van der Waals surface area (Å²) in [6, 6.07) is 9.24. The molecular formula is C18H17ClFIN2O3. The number of hydrogen-bond donors (Lipinski definition) is 2. The van der Waals surface area contributed by atoms with Gasteiger partial charge < -0.3 is 10.1 Å². The Morgan fingerprint density at radius 1 is 1.23 bits per heavy atom. The molecule has 5 nitrogen and oxygen atoms in total. The summed E-state index contributed by atoms with van der Waals surface area (Å²) in [5.74, 6) is -0.967. The van der Waals surface area contributed by atoms with E-state index in [2.05, 4.69) is 33.4 Å². The molecule has 2 aromatic carbocycles. The summed E-state index contributed by atoms with van der Waals surface area (Å²) in [4.78, 5) is 17.8. The minimum atomic E-state index is -0.497. The lowest BCUT2D eigenvalue weighted by Crippen LogP contribution is -2.33. The van der Waals surface area contributed by atoms with Gasteiger partial charge in [-0.25, -0.2) is 14.7 Å². The van der Waals surface area contributed by atoms with Crippen molar-refractivity contribution in [2.75, 3.05) is 11.9 Å². The lowest BCUT2D eigenvalue weighted by Gasteiger charge is -2.22. The van der Waals surface area contributed by atoms with E-state index >= 15 is 0 Å². The number of hydroxylamine groups is 1. The number of halogens is 3. The molecule has 8 heteroatoms. The Hall–Kier alpha value is -1.42. The van der Waals surface area contributed by atoms with Crippen molar-refractivity contribution < 1.29 is 18.8 Å². The molecule has 0 saturated carbocycles. The van der Waals surface area contributed by atoms with Crippen LogP contribution in [0.3, 0.4) is 0 Å². The maximum absolute atomic E-state index is 13.7. The SMILES string of the molecule is O=C(NOC1CCCCO1)c1ccc(F)cc1Nc1ccc(I)cc1Cl. The molecule has 1 unspecified atom stereocenters. The first-order chi connectivity index (χ1) is 12.5. The molecule has 1 saturated heterocycles. The molecule has 0 spiro atoms. The zero-order valence-electron chi connectivity index (χ0n) is 13.7. The minimum absolute atomic E-state index is 0.233. The monoisotopic (exact) mass is 490 g/mol. The second-order valence-corrected chi connectivity index (χ2v) is 7.44. The van der Waals surface area contributed by atoms with Crippen LogP contribution in [0.1, 0.15) is 29.6 Å². The standard InChI is InChI=1S/C18H17ClFIN2O3/c19-14-10-12(21)5-7-15(14)22-16-9-11(20)4-6-13(16)18(24)23-26-17-3-1-2-8-25-17/h4-7,9-10,17,22H,1-3,8H2,(H,23,24). The lowest BCUT2D eigenvalue weighted by molar-refractivity contribution is -0.186. The zero-order chi connectivity index (χ0) is 18.5. The van der Waals surface area contributed by atoms with Gasteiger partial charge in [-0.15, -0.1) is 0 Å². The quantitative estimate of drug-likeness (QED) is 0.457. The molecule has 0 bridgehead atoms. The molecule has 138 valence electrons. The molecule has 1 heterocycles. The van der Waals surface area contributed by atoms with E-state index in [0.717, 1.165) is 16.4 Å². The van der Waals surface area contributed by atoms with Crippen LogP contribution < -0.4 is 10.8 Å². The summed E-state index contributed by atoms with van der Waals surface area (Å²) in [7, 11) is 0. The van der Waals surface area contributed by atoms with Crippen LogP contribution in [0.5, 0.6) is 0 Å². The van der Waals surface area contributed by atoms with Gasteiger partial charge in [-0.2, -0.15) is 0 Å². The molecule has 1 aliphatic rings. The van der Waals surface area contributed by atoms with E-state index in [1.165, 1.54) is 18.2 Å². The van der Waals surface area contributed by atoms with E-state index in [9.17, 15) is 9.18 Å². The molecular weight excluding hydrogens is 474 g/mol. The Kier molecular flexibility index (Phi) is 6.68. The van der Waals surface area contributed by atoms with Crippen molar-refractivity contribution in [1.29, 1.82) is 0 Å². The number of anilines is 2. The number of carbonyl (C=O) groups excluding carboxylic acids is 1. The summed E-state index contributed by atoms with van der Waals surface area (Å²) in [5.41, 5.74) is 3.47. The van der Waals surface area contributed by atoms with Crippen LogP contribution in [0.15, 0.2) is 36.4 Å². The average Bonchev–Trinajstić information content (AvgIpc) is 2.63. The van der Waals surface area contributed by atoms with Crippen molar-refractivity contribution in [1.82, 2.24) is 5.48 Å². The third-order valence-electron chi connectivity index (χ3n) is 3.85. The Morgan fingerprint density at radius 3 is 2.81 bits per heavy atom. The van der Waals surface area contributed by atoms with Gasteiger partial charge in [0.05, 0.1) is 22.0 Å². The molecule has 1 amide bonds. The molecule has 2 aromatic rings. The predicted molar refractivity (Wildman–Crippen MR) is 106 cm³/mol. The molecule has 26 heavy (non-hydrogen) atoms. The van der Waals surface area contributed by atoms with Gasteiger partial charge >= 0.3 is 0 Å². The van der Waals surface area contributed by atoms with E-state index in [4.69, 9.17) is 21.2 Å². The van der Waals surface area contributed by atoms with Crippen molar-refractivity contribution in [3.8, 4) is 0 Å². The van der Waals surface area contributed by atoms with Crippen molar-refractivity contribution in [3.63, 3.8) is 0 Å². The highest BCUT2D eigenvalue weighted by Crippen LogP contribution is 2.29. The number of benzene rings is 2. The highest BCUT2D eigenvalue weighted by Gasteiger charge is 2.18. The fourth-order valence-electron chi connectivity index (χ4n) is 2.53. The number of hydrogen-bond acceptors (Lipinski definition) is 4. The minimum Gasteiger partial charge on any atom is -0.354 e. The summed E-state index contributed by atoms with van der Waals surface area (Å²) in [6.07, 6.45) is 2.22. The van der Waals surface area contributed by atoms with Crippen LogP contribution >= 0.6 is 34.2 Å². The summed E-state index contributed by atoms with van der Waals surface area (Å²) in [6.45, 7) is 0.606. The summed E-state index contributed by atoms with van der Waals surface area (Å²) in [5, 5.41) is 3.48. The van der Waals surface area contributed by atoms with Crippen LogP contribution in [-0.2, 0) is 9.57 Å². The van der Waals surface area contributed by atoms with Crippen molar-refractivity contribution in [3.05, 3.63) is 56.4 Å². The fourth-order valence-corrected chi connectivity index (χ4v) is 3.44. The molecule has 0 radical (unpaired) electrons. The summed E-state index contributed by atoms with van der Waals surface area (Å²) < 4.78 is 20.1. The maximum atomic E-state index is 13.7. The van der Waals surface area contributed by atoms with Gasteiger partial charge in [0, 0.05) is 16.6 Å². The van der Waals surface area contributed by atoms with Gasteiger partial charge in [0.2, 0.25) is 0 Å². The van der Waals surface area contributed by atoms with E-state index in [1.807, 2.05) is 6.07 Å². The van der Waals surface area contributed by atoms with E-state index in [1.54, 1.807) is 12.1 Å². The number of nitrogens with one attached hydrogen (secondary N) is 2. The lowest BCUT2D eigenvalue weighted by atomic mass is 10.1. The Balaban J connectivity index is 1.75. The van der Waals surface area contributed by atoms with Gasteiger partial charge in [0.15, 0.2) is 6.29 Å². The van der Waals surface area contributed by atoms with Crippen molar-refractivity contribution in [2.24, 2.45) is 0 Å². The first-order valence-corrected chi connectivity index (χ1v) is 9.58. The van der Waals surface area contributed by atoms with Gasteiger partial charge in [-0.05, 0) is 71.8 Å². The second-order valence-electron chi connectivity index (χ2n) is 5.78. The Labute approximate surface area is 169 Å². The van der Waals surface area contributed by atoms with Gasteiger partial charge in [-0.1, -0.05) is 11.6 Å².